The first-order valence-corrected chi connectivity index (χ1v) is 11.4. The minimum absolute atomic E-state index is 0.732. The molecule has 1 atom stereocenters. The average Bonchev–Trinajstić information content (AvgIpc) is 3.29. The highest BCUT2D eigenvalue weighted by Gasteiger charge is 2.27. The number of hydrogen-bond donors (Lipinski definition) is 1. The molecule has 1 aromatic heterocycles. The van der Waals surface area contributed by atoms with E-state index in [4.69, 9.17) is 10.1 Å². The SMILES string of the molecule is CCNC(=NCc1c(CC)nn(C)c1CC)N1CCC(CN2CCCCC2)C1. The van der Waals surface area contributed by atoms with Crippen LogP contribution in [-0.4, -0.2) is 64.8 Å². The van der Waals surface area contributed by atoms with E-state index < -0.39 is 0 Å². The van der Waals surface area contributed by atoms with Crippen LogP contribution in [0.2, 0.25) is 0 Å². The highest BCUT2D eigenvalue weighted by molar-refractivity contribution is 5.80. The van der Waals surface area contributed by atoms with E-state index in [1.54, 1.807) is 0 Å². The molecule has 2 fully saturated rings. The zero-order chi connectivity index (χ0) is 19.9. The van der Waals surface area contributed by atoms with Gasteiger partial charge in [0.15, 0.2) is 5.96 Å². The Kier molecular flexibility index (Phi) is 7.77. The normalized spacial score (nSPS) is 21.5. The van der Waals surface area contributed by atoms with Gasteiger partial charge in [-0.05, 0) is 58.0 Å². The number of aliphatic imine (C=N–C) groups is 1. The highest BCUT2D eigenvalue weighted by Crippen LogP contribution is 2.21. The van der Waals surface area contributed by atoms with Crippen LogP contribution in [0.5, 0.6) is 0 Å². The number of guanidine groups is 1. The van der Waals surface area contributed by atoms with E-state index in [-0.39, 0.29) is 0 Å². The number of piperidine rings is 1. The number of aryl methyl sites for hydroxylation is 2. The minimum Gasteiger partial charge on any atom is -0.357 e. The maximum atomic E-state index is 5.04. The third-order valence-corrected chi connectivity index (χ3v) is 6.30. The van der Waals surface area contributed by atoms with E-state index in [0.717, 1.165) is 50.9 Å². The van der Waals surface area contributed by atoms with Gasteiger partial charge in [-0.3, -0.25) is 4.68 Å². The fourth-order valence-corrected chi connectivity index (χ4v) is 4.83. The average molecular weight is 389 g/mol. The summed E-state index contributed by atoms with van der Waals surface area (Å²) in [6.07, 6.45) is 7.44. The maximum absolute atomic E-state index is 5.04. The van der Waals surface area contributed by atoms with Gasteiger partial charge in [0.1, 0.15) is 0 Å². The molecule has 1 aromatic rings. The molecule has 3 heterocycles. The monoisotopic (exact) mass is 388 g/mol. The van der Waals surface area contributed by atoms with E-state index in [1.807, 2.05) is 4.68 Å². The van der Waals surface area contributed by atoms with Crippen LogP contribution < -0.4 is 5.32 Å². The summed E-state index contributed by atoms with van der Waals surface area (Å²) in [6, 6.07) is 0. The molecule has 2 aliphatic rings. The summed E-state index contributed by atoms with van der Waals surface area (Å²) in [7, 11) is 2.06. The van der Waals surface area contributed by atoms with Gasteiger partial charge in [0, 0.05) is 44.5 Å². The lowest BCUT2D eigenvalue weighted by Crippen LogP contribution is -2.41. The quantitative estimate of drug-likeness (QED) is 0.576. The van der Waals surface area contributed by atoms with Crippen LogP contribution in [0.25, 0.3) is 0 Å². The van der Waals surface area contributed by atoms with Gasteiger partial charge in [-0.2, -0.15) is 5.10 Å². The molecule has 0 spiro atoms. The van der Waals surface area contributed by atoms with Crippen molar-refractivity contribution in [2.45, 2.75) is 65.8 Å². The van der Waals surface area contributed by atoms with E-state index in [0.29, 0.717) is 0 Å². The first kappa shape index (κ1) is 21.2. The lowest BCUT2D eigenvalue weighted by molar-refractivity contribution is 0.198. The van der Waals surface area contributed by atoms with Gasteiger partial charge in [0.25, 0.3) is 0 Å². The molecule has 0 aromatic carbocycles. The molecule has 28 heavy (non-hydrogen) atoms. The van der Waals surface area contributed by atoms with Crippen molar-refractivity contribution in [1.82, 2.24) is 24.9 Å². The maximum Gasteiger partial charge on any atom is 0.194 e. The fraction of sp³-hybridized carbons (Fsp3) is 0.818. The van der Waals surface area contributed by atoms with Crippen molar-refractivity contribution in [1.29, 1.82) is 0 Å². The topological polar surface area (TPSA) is 48.7 Å². The van der Waals surface area contributed by atoms with Crippen molar-refractivity contribution in [3.63, 3.8) is 0 Å². The zero-order valence-electron chi connectivity index (χ0n) is 18.5. The molecule has 0 aliphatic carbocycles. The summed E-state index contributed by atoms with van der Waals surface area (Å²) in [5.74, 6) is 1.86. The van der Waals surface area contributed by atoms with Crippen LogP contribution in [0.3, 0.4) is 0 Å². The van der Waals surface area contributed by atoms with Crippen LogP contribution >= 0.6 is 0 Å². The summed E-state index contributed by atoms with van der Waals surface area (Å²) in [5.41, 5.74) is 3.84. The lowest BCUT2D eigenvalue weighted by atomic mass is 10.1. The van der Waals surface area contributed by atoms with E-state index in [1.165, 1.54) is 62.3 Å². The van der Waals surface area contributed by atoms with Crippen LogP contribution in [-0.2, 0) is 26.4 Å². The molecule has 1 unspecified atom stereocenters. The Morgan fingerprint density at radius 2 is 1.89 bits per heavy atom. The van der Waals surface area contributed by atoms with Crippen molar-refractivity contribution in [3.05, 3.63) is 17.0 Å². The Bertz CT molecular complexity index is 644. The van der Waals surface area contributed by atoms with E-state index in [9.17, 15) is 0 Å². The van der Waals surface area contributed by atoms with E-state index >= 15 is 0 Å². The second-order valence-corrected chi connectivity index (χ2v) is 8.33. The van der Waals surface area contributed by atoms with Gasteiger partial charge in [-0.1, -0.05) is 20.3 Å². The number of nitrogens with zero attached hydrogens (tertiary/aromatic N) is 5. The Morgan fingerprint density at radius 3 is 2.57 bits per heavy atom. The molecule has 6 nitrogen and oxygen atoms in total. The Morgan fingerprint density at radius 1 is 1.11 bits per heavy atom. The third kappa shape index (κ3) is 5.07. The second-order valence-electron chi connectivity index (χ2n) is 8.33. The number of rotatable bonds is 7. The van der Waals surface area contributed by atoms with Crippen molar-refractivity contribution in [2.75, 3.05) is 39.3 Å². The Balaban J connectivity index is 1.65. The van der Waals surface area contributed by atoms with Gasteiger partial charge in [0.05, 0.1) is 12.2 Å². The smallest absolute Gasteiger partial charge is 0.194 e. The molecule has 0 saturated carbocycles. The van der Waals surface area contributed by atoms with Crippen LogP contribution in [0.15, 0.2) is 4.99 Å². The lowest BCUT2D eigenvalue weighted by Gasteiger charge is -2.29. The van der Waals surface area contributed by atoms with Gasteiger partial charge >= 0.3 is 0 Å². The van der Waals surface area contributed by atoms with E-state index in [2.05, 4.69) is 42.9 Å². The number of hydrogen-bond acceptors (Lipinski definition) is 3. The Hall–Kier alpha value is -1.56. The van der Waals surface area contributed by atoms with Gasteiger partial charge in [-0.25, -0.2) is 4.99 Å². The summed E-state index contributed by atoms with van der Waals surface area (Å²) < 4.78 is 2.04. The standard InChI is InChI=1S/C22H40N6/c1-5-20-19(21(6-2)26(4)25-20)15-24-22(23-7-3)28-14-11-18(17-28)16-27-12-9-8-10-13-27/h18H,5-17H2,1-4H3,(H,23,24). The zero-order valence-corrected chi connectivity index (χ0v) is 18.5. The summed E-state index contributed by atoms with van der Waals surface area (Å²) >= 11 is 0. The molecule has 3 rings (SSSR count). The van der Waals surface area contributed by atoms with Crippen molar-refractivity contribution < 1.29 is 0 Å². The van der Waals surface area contributed by atoms with Gasteiger partial charge in [-0.15, -0.1) is 0 Å². The molecule has 2 saturated heterocycles. The second kappa shape index (κ2) is 10.3. The summed E-state index contributed by atoms with van der Waals surface area (Å²) in [5, 5.41) is 8.24. The van der Waals surface area contributed by atoms with Crippen molar-refractivity contribution in [2.24, 2.45) is 18.0 Å². The summed E-state index contributed by atoms with van der Waals surface area (Å²) in [6.45, 7) is 14.3. The van der Waals surface area contributed by atoms with Crippen molar-refractivity contribution in [3.8, 4) is 0 Å². The number of nitrogens with one attached hydrogen (secondary N) is 1. The van der Waals surface area contributed by atoms with Crippen LogP contribution in [0.4, 0.5) is 0 Å². The Labute approximate surface area is 171 Å². The van der Waals surface area contributed by atoms with Crippen LogP contribution in [0.1, 0.15) is 63.4 Å². The summed E-state index contributed by atoms with van der Waals surface area (Å²) in [4.78, 5) is 10.2. The van der Waals surface area contributed by atoms with Gasteiger partial charge in [0.2, 0.25) is 0 Å². The highest BCUT2D eigenvalue weighted by atomic mass is 15.3. The largest absolute Gasteiger partial charge is 0.357 e. The van der Waals surface area contributed by atoms with Gasteiger partial charge < -0.3 is 15.1 Å². The minimum atomic E-state index is 0.732. The molecular formula is C22H40N6. The number of likely N-dealkylation sites (tertiary alicyclic amines) is 2. The molecule has 1 N–H and O–H groups in total. The molecule has 6 heteroatoms. The molecule has 2 aliphatic heterocycles. The predicted octanol–water partition coefficient (Wildman–Crippen LogP) is 2.82. The third-order valence-electron chi connectivity index (χ3n) is 6.30. The number of aromatic nitrogens is 2. The van der Waals surface area contributed by atoms with Crippen molar-refractivity contribution >= 4 is 5.96 Å². The molecule has 158 valence electrons. The first-order valence-electron chi connectivity index (χ1n) is 11.4. The molecule has 0 radical (unpaired) electrons. The fourth-order valence-electron chi connectivity index (χ4n) is 4.83. The first-order chi connectivity index (χ1) is 13.7. The predicted molar refractivity (Wildman–Crippen MR) is 117 cm³/mol. The molecule has 0 bridgehead atoms. The molecular weight excluding hydrogens is 348 g/mol. The van der Waals surface area contributed by atoms with Crippen LogP contribution in [0, 0.1) is 5.92 Å². The molecule has 0 amide bonds.